The van der Waals surface area contributed by atoms with Gasteiger partial charge in [0.05, 0.1) is 11.4 Å². The van der Waals surface area contributed by atoms with Gasteiger partial charge in [-0.1, -0.05) is 33.6 Å². The molecule has 26 heavy (non-hydrogen) atoms. The van der Waals surface area contributed by atoms with Crippen LogP contribution in [0.2, 0.25) is 0 Å². The molecule has 0 saturated carbocycles. The second-order valence-electron chi connectivity index (χ2n) is 6.43. The van der Waals surface area contributed by atoms with Crippen LogP contribution in [0.1, 0.15) is 32.7 Å². The summed E-state index contributed by atoms with van der Waals surface area (Å²) in [4.78, 5) is 12.8. The van der Waals surface area contributed by atoms with E-state index >= 15 is 0 Å². The molecular weight excluding hydrogens is 410 g/mol. The van der Waals surface area contributed by atoms with Crippen molar-refractivity contribution < 1.29 is 4.79 Å². The molecule has 3 aromatic rings. The molecule has 6 heteroatoms. The fourth-order valence-electron chi connectivity index (χ4n) is 3.14. The predicted octanol–water partition coefficient (Wildman–Crippen LogP) is 5.25. The van der Waals surface area contributed by atoms with Gasteiger partial charge in [0, 0.05) is 27.1 Å². The Kier molecular flexibility index (Phi) is 4.63. The zero-order valence-corrected chi connectivity index (χ0v) is 16.9. The van der Waals surface area contributed by atoms with Gasteiger partial charge in [0.25, 0.3) is 5.91 Å². The number of hydrogen-bond donors (Lipinski definition) is 1. The fraction of sp³-hybridized carbons (Fsp3) is 0.200. The van der Waals surface area contributed by atoms with Gasteiger partial charge in [0.1, 0.15) is 5.82 Å². The summed E-state index contributed by atoms with van der Waals surface area (Å²) in [5.41, 5.74) is 6.16. The summed E-state index contributed by atoms with van der Waals surface area (Å²) in [6.07, 6.45) is 0. The topological polar surface area (TPSA) is 46.9 Å². The van der Waals surface area contributed by atoms with Gasteiger partial charge in [0.15, 0.2) is 0 Å². The van der Waals surface area contributed by atoms with Crippen LogP contribution < -0.4 is 5.32 Å². The first-order valence-corrected chi connectivity index (χ1v) is 10.3. The van der Waals surface area contributed by atoms with Crippen LogP contribution in [-0.4, -0.2) is 15.7 Å². The second kappa shape index (κ2) is 6.93. The van der Waals surface area contributed by atoms with Crippen molar-refractivity contribution in [3.63, 3.8) is 0 Å². The Morgan fingerprint density at radius 1 is 1.15 bits per heavy atom. The van der Waals surface area contributed by atoms with Crippen molar-refractivity contribution in [2.75, 3.05) is 5.32 Å². The third-order valence-corrected chi connectivity index (χ3v) is 5.97. The molecule has 0 bridgehead atoms. The van der Waals surface area contributed by atoms with Crippen molar-refractivity contribution in [2.24, 2.45) is 0 Å². The van der Waals surface area contributed by atoms with Gasteiger partial charge in [-0.15, -0.1) is 0 Å². The first-order valence-electron chi connectivity index (χ1n) is 8.36. The number of amides is 1. The molecule has 132 valence electrons. The quantitative estimate of drug-likeness (QED) is 0.620. The van der Waals surface area contributed by atoms with E-state index in [-0.39, 0.29) is 5.91 Å². The van der Waals surface area contributed by atoms with Crippen molar-refractivity contribution in [1.82, 2.24) is 9.78 Å². The summed E-state index contributed by atoms with van der Waals surface area (Å²) in [5.74, 6) is 2.41. The number of carbonyl (C=O) groups excluding carboxylic acids is 1. The highest BCUT2D eigenvalue weighted by molar-refractivity contribution is 9.10. The molecule has 2 aromatic carbocycles. The second-order valence-corrected chi connectivity index (χ2v) is 8.33. The number of rotatable bonds is 3. The number of thioether (sulfide) groups is 1. The minimum Gasteiger partial charge on any atom is -0.306 e. The lowest BCUT2D eigenvalue weighted by Crippen LogP contribution is -2.16. The van der Waals surface area contributed by atoms with Gasteiger partial charge in [-0.2, -0.15) is 16.9 Å². The Hall–Kier alpha value is -2.05. The minimum atomic E-state index is -0.122. The first kappa shape index (κ1) is 17.4. The number of hydrogen-bond acceptors (Lipinski definition) is 3. The Balaban J connectivity index is 1.75. The number of halogens is 1. The average molecular weight is 428 g/mol. The van der Waals surface area contributed by atoms with Crippen LogP contribution in [0.3, 0.4) is 0 Å². The molecule has 0 spiro atoms. The van der Waals surface area contributed by atoms with Gasteiger partial charge in [-0.05, 0) is 49.7 Å². The summed E-state index contributed by atoms with van der Waals surface area (Å²) in [7, 11) is 0. The van der Waals surface area contributed by atoms with E-state index in [4.69, 9.17) is 5.10 Å². The Morgan fingerprint density at radius 3 is 2.65 bits per heavy atom. The van der Waals surface area contributed by atoms with Crippen LogP contribution in [0.5, 0.6) is 0 Å². The SMILES string of the molecule is Cc1ccc(-n2nc3c(c2NC(=O)c2ccc(Br)cc2)CSC3)c(C)c1. The highest BCUT2D eigenvalue weighted by Gasteiger charge is 2.25. The van der Waals surface area contributed by atoms with Gasteiger partial charge < -0.3 is 5.32 Å². The van der Waals surface area contributed by atoms with Crippen molar-refractivity contribution in [1.29, 1.82) is 0 Å². The molecule has 1 aromatic heterocycles. The maximum Gasteiger partial charge on any atom is 0.256 e. The molecule has 1 amide bonds. The molecule has 1 N–H and O–H groups in total. The number of anilines is 1. The summed E-state index contributed by atoms with van der Waals surface area (Å²) >= 11 is 5.23. The molecule has 0 atom stereocenters. The van der Waals surface area contributed by atoms with Crippen LogP contribution in [0.25, 0.3) is 5.69 Å². The standard InChI is InChI=1S/C20H18BrN3OS/c1-12-3-8-18(13(2)9-12)24-19(16-10-26-11-17(16)23-24)22-20(25)14-4-6-15(21)7-5-14/h3-9H,10-11H2,1-2H3,(H,22,25). The Bertz CT molecular complexity index is 995. The van der Waals surface area contributed by atoms with Crippen LogP contribution in [0, 0.1) is 13.8 Å². The first-order chi connectivity index (χ1) is 12.5. The van der Waals surface area contributed by atoms with Crippen molar-refractivity contribution in [3.8, 4) is 5.69 Å². The normalized spacial score (nSPS) is 12.9. The number of nitrogens with zero attached hydrogens (tertiary/aromatic N) is 2. The maximum atomic E-state index is 12.8. The predicted molar refractivity (Wildman–Crippen MR) is 110 cm³/mol. The van der Waals surface area contributed by atoms with Crippen LogP contribution >= 0.6 is 27.7 Å². The van der Waals surface area contributed by atoms with E-state index < -0.39 is 0 Å². The van der Waals surface area contributed by atoms with Crippen molar-refractivity contribution >= 4 is 39.4 Å². The molecule has 4 nitrogen and oxygen atoms in total. The van der Waals surface area contributed by atoms with Crippen LogP contribution in [0.15, 0.2) is 46.9 Å². The van der Waals surface area contributed by atoms with Gasteiger partial charge in [-0.3, -0.25) is 4.79 Å². The number of aromatic nitrogens is 2. The van der Waals surface area contributed by atoms with E-state index in [1.54, 1.807) is 0 Å². The Labute approximate surface area is 165 Å². The zero-order chi connectivity index (χ0) is 18.3. The van der Waals surface area contributed by atoms with E-state index in [1.807, 2.05) is 40.7 Å². The number of nitrogens with one attached hydrogen (secondary N) is 1. The smallest absolute Gasteiger partial charge is 0.256 e. The molecule has 0 aliphatic carbocycles. The summed E-state index contributed by atoms with van der Waals surface area (Å²) < 4.78 is 2.84. The zero-order valence-electron chi connectivity index (χ0n) is 14.5. The van der Waals surface area contributed by atoms with Crippen LogP contribution in [0.4, 0.5) is 5.82 Å². The van der Waals surface area contributed by atoms with E-state index in [2.05, 4.69) is 53.3 Å². The lowest BCUT2D eigenvalue weighted by Gasteiger charge is -2.13. The lowest BCUT2D eigenvalue weighted by atomic mass is 10.1. The van der Waals surface area contributed by atoms with Gasteiger partial charge in [0.2, 0.25) is 0 Å². The molecule has 0 radical (unpaired) electrons. The third kappa shape index (κ3) is 3.19. The highest BCUT2D eigenvalue weighted by Crippen LogP contribution is 2.36. The Morgan fingerprint density at radius 2 is 1.92 bits per heavy atom. The summed E-state index contributed by atoms with van der Waals surface area (Å²) in [6.45, 7) is 4.15. The van der Waals surface area contributed by atoms with E-state index in [1.165, 1.54) is 5.56 Å². The van der Waals surface area contributed by atoms with E-state index in [0.717, 1.165) is 44.3 Å². The van der Waals surface area contributed by atoms with Crippen molar-refractivity contribution in [2.45, 2.75) is 25.4 Å². The number of fused-ring (bicyclic) bond motifs is 1. The van der Waals surface area contributed by atoms with Crippen LogP contribution in [-0.2, 0) is 11.5 Å². The maximum absolute atomic E-state index is 12.8. The molecule has 1 aliphatic heterocycles. The van der Waals surface area contributed by atoms with E-state index in [0.29, 0.717) is 5.56 Å². The molecule has 0 fully saturated rings. The van der Waals surface area contributed by atoms with Gasteiger partial charge in [-0.25, -0.2) is 4.68 Å². The number of aryl methyl sites for hydroxylation is 2. The molecular formula is C20H18BrN3OS. The largest absolute Gasteiger partial charge is 0.306 e. The fourth-order valence-corrected chi connectivity index (χ4v) is 4.44. The summed E-state index contributed by atoms with van der Waals surface area (Å²) in [6, 6.07) is 13.6. The van der Waals surface area contributed by atoms with Crippen molar-refractivity contribution in [3.05, 3.63) is 74.9 Å². The number of carbonyl (C=O) groups is 1. The number of benzene rings is 2. The minimum absolute atomic E-state index is 0.122. The molecule has 0 unspecified atom stereocenters. The third-order valence-electron chi connectivity index (χ3n) is 4.47. The average Bonchev–Trinajstić information content (AvgIpc) is 3.18. The van der Waals surface area contributed by atoms with Gasteiger partial charge >= 0.3 is 0 Å². The molecule has 0 saturated heterocycles. The molecule has 2 heterocycles. The molecule has 1 aliphatic rings. The monoisotopic (exact) mass is 427 g/mol. The summed E-state index contributed by atoms with van der Waals surface area (Å²) in [5, 5.41) is 7.89. The lowest BCUT2D eigenvalue weighted by molar-refractivity contribution is 0.102. The highest BCUT2D eigenvalue weighted by atomic mass is 79.9. The molecule has 4 rings (SSSR count). The van der Waals surface area contributed by atoms with E-state index in [9.17, 15) is 4.79 Å².